The molecule has 0 aliphatic carbocycles. The van der Waals surface area contributed by atoms with Crippen LogP contribution in [-0.2, 0) is 4.79 Å². The van der Waals surface area contributed by atoms with Crippen molar-refractivity contribution in [1.82, 2.24) is 24.8 Å². The highest BCUT2D eigenvalue weighted by Gasteiger charge is 2.23. The van der Waals surface area contributed by atoms with Crippen LogP contribution in [0.1, 0.15) is 52.5 Å². The van der Waals surface area contributed by atoms with Crippen molar-refractivity contribution in [3.8, 4) is 11.3 Å². The monoisotopic (exact) mass is 511 g/mol. The summed E-state index contributed by atoms with van der Waals surface area (Å²) >= 11 is 1.49. The summed E-state index contributed by atoms with van der Waals surface area (Å²) < 4.78 is 1.87. The third-order valence-electron chi connectivity index (χ3n) is 6.43. The number of hydrogen-bond donors (Lipinski definition) is 2. The Morgan fingerprint density at radius 2 is 2.00 bits per heavy atom. The van der Waals surface area contributed by atoms with Gasteiger partial charge in [0.25, 0.3) is 0 Å². The molecule has 9 heteroatoms. The molecule has 36 heavy (non-hydrogen) atoms. The standard InChI is InChI=1S/C27H41N7OS/c1-19-10-12-21(13-11-19)23-24(30-27(3,4)5)34-25(29-23)36-26(31-34)32(6)18-22(35)28-14-8-16-33-15-7-9-20(2)17-33/h10-13,20,30H,7-9,14-18H2,1-6H3,(H,28,35)/t20-/m0/s1. The highest BCUT2D eigenvalue weighted by molar-refractivity contribution is 7.20. The van der Waals surface area contributed by atoms with Crippen LogP contribution in [0.4, 0.5) is 10.9 Å². The van der Waals surface area contributed by atoms with Gasteiger partial charge in [-0.15, -0.1) is 5.10 Å². The Bertz CT molecular complexity index is 1160. The van der Waals surface area contributed by atoms with Gasteiger partial charge in [-0.3, -0.25) is 4.79 Å². The maximum atomic E-state index is 12.6. The summed E-state index contributed by atoms with van der Waals surface area (Å²) in [5, 5.41) is 12.3. The highest BCUT2D eigenvalue weighted by atomic mass is 32.1. The van der Waals surface area contributed by atoms with Gasteiger partial charge >= 0.3 is 0 Å². The molecule has 1 aromatic carbocycles. The second-order valence-electron chi connectivity index (χ2n) is 11.2. The maximum absolute atomic E-state index is 12.6. The summed E-state index contributed by atoms with van der Waals surface area (Å²) in [6, 6.07) is 8.39. The number of aromatic nitrogens is 3. The fourth-order valence-electron chi connectivity index (χ4n) is 4.63. The van der Waals surface area contributed by atoms with Gasteiger partial charge in [-0.05, 0) is 66.0 Å². The molecule has 3 heterocycles. The van der Waals surface area contributed by atoms with E-state index in [0.717, 1.165) is 46.1 Å². The first-order valence-electron chi connectivity index (χ1n) is 13.0. The molecule has 1 atom stereocenters. The molecule has 1 amide bonds. The van der Waals surface area contributed by atoms with Gasteiger partial charge in [0, 0.05) is 31.2 Å². The number of benzene rings is 1. The van der Waals surface area contributed by atoms with Gasteiger partial charge in [0.15, 0.2) is 5.82 Å². The molecular formula is C27H41N7OS. The fraction of sp³-hybridized carbons (Fsp3) is 0.593. The summed E-state index contributed by atoms with van der Waals surface area (Å²) in [5.74, 6) is 1.67. The minimum absolute atomic E-state index is 0.0192. The number of hydrogen-bond acceptors (Lipinski definition) is 7. The molecule has 0 saturated carbocycles. The van der Waals surface area contributed by atoms with Gasteiger partial charge in [0.1, 0.15) is 5.69 Å². The van der Waals surface area contributed by atoms with Crippen LogP contribution >= 0.6 is 11.3 Å². The Kier molecular flexibility index (Phi) is 8.20. The number of rotatable bonds is 9. The van der Waals surface area contributed by atoms with E-state index >= 15 is 0 Å². The minimum atomic E-state index is -0.156. The van der Waals surface area contributed by atoms with Crippen LogP contribution < -0.4 is 15.5 Å². The zero-order valence-electron chi connectivity index (χ0n) is 22.6. The van der Waals surface area contributed by atoms with Crippen molar-refractivity contribution < 1.29 is 4.79 Å². The van der Waals surface area contributed by atoms with E-state index in [0.29, 0.717) is 6.54 Å². The van der Waals surface area contributed by atoms with E-state index in [1.807, 2.05) is 16.5 Å². The van der Waals surface area contributed by atoms with Crippen molar-refractivity contribution in [2.45, 2.75) is 59.4 Å². The Morgan fingerprint density at radius 1 is 1.25 bits per heavy atom. The maximum Gasteiger partial charge on any atom is 0.239 e. The number of carbonyl (C=O) groups is 1. The molecule has 8 nitrogen and oxygen atoms in total. The summed E-state index contributed by atoms with van der Waals surface area (Å²) in [5.41, 5.74) is 3.00. The second kappa shape index (κ2) is 11.2. The largest absolute Gasteiger partial charge is 0.364 e. The Morgan fingerprint density at radius 3 is 2.69 bits per heavy atom. The lowest BCUT2D eigenvalue weighted by Crippen LogP contribution is -2.38. The Labute approximate surface area is 219 Å². The van der Waals surface area contributed by atoms with Gasteiger partial charge in [0.2, 0.25) is 16.0 Å². The predicted octanol–water partition coefficient (Wildman–Crippen LogP) is 4.65. The van der Waals surface area contributed by atoms with Crippen LogP contribution in [0.5, 0.6) is 0 Å². The predicted molar refractivity (Wildman–Crippen MR) is 150 cm³/mol. The zero-order valence-corrected chi connectivity index (χ0v) is 23.4. The molecule has 2 N–H and O–H groups in total. The number of piperidine rings is 1. The molecule has 2 aromatic heterocycles. The Hall–Kier alpha value is -2.65. The number of amides is 1. The van der Waals surface area contributed by atoms with E-state index in [4.69, 9.17) is 10.1 Å². The van der Waals surface area contributed by atoms with Crippen LogP contribution in [0.3, 0.4) is 0 Å². The van der Waals surface area contributed by atoms with Gasteiger partial charge in [-0.1, -0.05) is 48.1 Å². The number of nitrogens with one attached hydrogen (secondary N) is 2. The molecule has 4 rings (SSSR count). The molecule has 3 aromatic rings. The number of anilines is 2. The Balaban J connectivity index is 1.39. The van der Waals surface area contributed by atoms with Crippen LogP contribution in [0.25, 0.3) is 16.2 Å². The molecule has 1 saturated heterocycles. The van der Waals surface area contributed by atoms with Crippen LogP contribution in [0.15, 0.2) is 24.3 Å². The van der Waals surface area contributed by atoms with E-state index in [2.05, 4.69) is 74.4 Å². The zero-order chi connectivity index (χ0) is 25.9. The van der Waals surface area contributed by atoms with E-state index in [-0.39, 0.29) is 18.0 Å². The fourth-order valence-corrected chi connectivity index (χ4v) is 5.49. The van der Waals surface area contributed by atoms with Crippen LogP contribution in [0.2, 0.25) is 0 Å². The van der Waals surface area contributed by atoms with E-state index < -0.39 is 0 Å². The lowest BCUT2D eigenvalue weighted by Gasteiger charge is -2.30. The number of carbonyl (C=O) groups excluding carboxylic acids is 1. The number of fused-ring (bicyclic) bond motifs is 1. The summed E-state index contributed by atoms with van der Waals surface area (Å²) in [6.07, 6.45) is 3.61. The van der Waals surface area contributed by atoms with Crippen molar-refractivity contribution >= 4 is 33.2 Å². The van der Waals surface area contributed by atoms with Crippen LogP contribution in [0, 0.1) is 12.8 Å². The molecule has 1 aliphatic rings. The minimum Gasteiger partial charge on any atom is -0.364 e. The van der Waals surface area contributed by atoms with Crippen molar-refractivity contribution in [2.75, 3.05) is 50.0 Å². The van der Waals surface area contributed by atoms with Gasteiger partial charge < -0.3 is 20.4 Å². The molecule has 1 fully saturated rings. The van der Waals surface area contributed by atoms with E-state index in [1.165, 1.54) is 42.8 Å². The first kappa shape index (κ1) is 26.4. The first-order chi connectivity index (χ1) is 17.1. The van der Waals surface area contributed by atoms with Crippen molar-refractivity contribution in [2.24, 2.45) is 5.92 Å². The second-order valence-corrected chi connectivity index (χ2v) is 12.2. The number of aryl methyl sites for hydroxylation is 1. The number of likely N-dealkylation sites (tertiary alicyclic amines) is 1. The summed E-state index contributed by atoms with van der Waals surface area (Å²) in [4.78, 5) is 22.7. The molecule has 1 aliphatic heterocycles. The average molecular weight is 512 g/mol. The first-order valence-corrected chi connectivity index (χ1v) is 13.9. The molecule has 0 radical (unpaired) electrons. The van der Waals surface area contributed by atoms with Crippen LogP contribution in [-0.4, -0.2) is 70.7 Å². The van der Waals surface area contributed by atoms with Crippen molar-refractivity contribution in [3.05, 3.63) is 29.8 Å². The van der Waals surface area contributed by atoms with E-state index in [9.17, 15) is 4.79 Å². The number of likely N-dealkylation sites (N-methyl/N-ethyl adjacent to an activating group) is 1. The number of nitrogens with zero attached hydrogens (tertiary/aromatic N) is 5. The van der Waals surface area contributed by atoms with Gasteiger partial charge in [-0.2, -0.15) is 4.52 Å². The normalized spacial score (nSPS) is 16.9. The van der Waals surface area contributed by atoms with E-state index in [1.54, 1.807) is 0 Å². The lowest BCUT2D eigenvalue weighted by molar-refractivity contribution is -0.119. The summed E-state index contributed by atoms with van der Waals surface area (Å²) in [7, 11) is 1.91. The average Bonchev–Trinajstić information content (AvgIpc) is 3.36. The molecule has 0 spiro atoms. The SMILES string of the molecule is Cc1ccc(-c2nc3sc(N(C)CC(=O)NCCCN4CCC[C@H](C)C4)nn3c2NC(C)(C)C)cc1. The van der Waals surface area contributed by atoms with Crippen molar-refractivity contribution in [3.63, 3.8) is 0 Å². The molecule has 0 bridgehead atoms. The third-order valence-corrected chi connectivity index (χ3v) is 7.46. The van der Waals surface area contributed by atoms with Gasteiger partial charge in [-0.25, -0.2) is 4.98 Å². The van der Waals surface area contributed by atoms with Crippen molar-refractivity contribution in [1.29, 1.82) is 0 Å². The third kappa shape index (κ3) is 6.76. The quantitative estimate of drug-likeness (QED) is 0.407. The topological polar surface area (TPSA) is 77.8 Å². The van der Waals surface area contributed by atoms with Gasteiger partial charge in [0.05, 0.1) is 6.54 Å². The number of imidazole rings is 1. The molecule has 196 valence electrons. The smallest absolute Gasteiger partial charge is 0.239 e. The molecular weight excluding hydrogens is 470 g/mol. The lowest BCUT2D eigenvalue weighted by atomic mass is 10.0. The summed E-state index contributed by atoms with van der Waals surface area (Å²) in [6.45, 7) is 15.2. The molecule has 0 unspecified atom stereocenters. The highest BCUT2D eigenvalue weighted by Crippen LogP contribution is 2.34.